The van der Waals surface area contributed by atoms with E-state index in [2.05, 4.69) is 5.32 Å². The van der Waals surface area contributed by atoms with Gasteiger partial charge in [0.15, 0.2) is 6.10 Å². The molecule has 1 heterocycles. The first-order valence-electron chi connectivity index (χ1n) is 8.44. The summed E-state index contributed by atoms with van der Waals surface area (Å²) in [6, 6.07) is 11.2. The summed E-state index contributed by atoms with van der Waals surface area (Å²) in [5.74, 6) is -0.946. The van der Waals surface area contributed by atoms with E-state index < -0.39 is 28.0 Å². The Kier molecular flexibility index (Phi) is 5.39. The summed E-state index contributed by atoms with van der Waals surface area (Å²) in [7, 11) is 0.386. The summed E-state index contributed by atoms with van der Waals surface area (Å²) in [4.78, 5) is 24.6. The number of anilines is 1. The highest BCUT2D eigenvalue weighted by atomic mass is 32.2. The lowest BCUT2D eigenvalue weighted by Gasteiger charge is -2.24. The lowest BCUT2D eigenvalue weighted by molar-refractivity contribution is -0.125. The van der Waals surface area contributed by atoms with E-state index in [0.29, 0.717) is 5.56 Å². The summed E-state index contributed by atoms with van der Waals surface area (Å²) >= 11 is 0. The van der Waals surface area contributed by atoms with Gasteiger partial charge in [0.1, 0.15) is 10.6 Å². The molecule has 0 spiro atoms. The second kappa shape index (κ2) is 7.61. The molecular weight excluding hydrogens is 384 g/mol. The highest BCUT2D eigenvalue weighted by molar-refractivity contribution is 7.89. The number of nitrogens with zero attached hydrogens (tertiary/aromatic N) is 1. The van der Waals surface area contributed by atoms with Crippen molar-refractivity contribution in [2.45, 2.75) is 17.4 Å². The molecule has 0 saturated carbocycles. The number of fused-ring (bicyclic) bond motifs is 1. The average Bonchev–Trinajstić information content (AvgIpc) is 2.67. The largest absolute Gasteiger partial charge is 0.495 e. The van der Waals surface area contributed by atoms with Gasteiger partial charge >= 0.3 is 5.97 Å². The molecule has 0 aromatic heterocycles. The van der Waals surface area contributed by atoms with Gasteiger partial charge in [-0.25, -0.2) is 17.5 Å². The maximum absolute atomic E-state index is 12.6. The Morgan fingerprint density at radius 2 is 1.93 bits per heavy atom. The fourth-order valence-electron chi connectivity index (χ4n) is 2.85. The van der Waals surface area contributed by atoms with Crippen molar-refractivity contribution in [2.24, 2.45) is 0 Å². The lowest BCUT2D eigenvalue weighted by Crippen LogP contribution is -2.38. The van der Waals surface area contributed by atoms with E-state index in [-0.39, 0.29) is 22.8 Å². The van der Waals surface area contributed by atoms with Crippen molar-refractivity contribution in [2.75, 3.05) is 26.5 Å². The van der Waals surface area contributed by atoms with Crippen LogP contribution in [-0.4, -0.2) is 51.9 Å². The molecule has 1 N–H and O–H groups in total. The summed E-state index contributed by atoms with van der Waals surface area (Å²) in [6.45, 7) is 0. The Labute approximate surface area is 163 Å². The molecule has 28 heavy (non-hydrogen) atoms. The van der Waals surface area contributed by atoms with Crippen LogP contribution in [0.5, 0.6) is 5.75 Å². The molecule has 9 heteroatoms. The molecule has 148 valence electrons. The van der Waals surface area contributed by atoms with Crippen molar-refractivity contribution in [1.82, 2.24) is 4.31 Å². The third kappa shape index (κ3) is 3.71. The van der Waals surface area contributed by atoms with Gasteiger partial charge in [-0.1, -0.05) is 18.2 Å². The number of nitrogens with one attached hydrogen (secondary N) is 1. The molecule has 1 amide bonds. The Bertz CT molecular complexity index is 1030. The molecule has 2 aromatic rings. The van der Waals surface area contributed by atoms with Gasteiger partial charge in [-0.3, -0.25) is 4.79 Å². The van der Waals surface area contributed by atoms with Crippen molar-refractivity contribution in [3.63, 3.8) is 0 Å². The Morgan fingerprint density at radius 3 is 2.61 bits per heavy atom. The highest BCUT2D eigenvalue weighted by Crippen LogP contribution is 2.29. The first-order valence-corrected chi connectivity index (χ1v) is 9.88. The zero-order chi connectivity index (χ0) is 20.5. The smallest absolute Gasteiger partial charge is 0.339 e. The van der Waals surface area contributed by atoms with Gasteiger partial charge in [0.05, 0.1) is 12.7 Å². The van der Waals surface area contributed by atoms with Crippen LogP contribution in [0.2, 0.25) is 0 Å². The monoisotopic (exact) mass is 404 g/mol. The van der Waals surface area contributed by atoms with Gasteiger partial charge in [0, 0.05) is 26.2 Å². The number of ether oxygens (including phenoxy) is 2. The van der Waals surface area contributed by atoms with Crippen LogP contribution in [0.3, 0.4) is 0 Å². The van der Waals surface area contributed by atoms with E-state index in [4.69, 9.17) is 9.47 Å². The van der Waals surface area contributed by atoms with Crippen molar-refractivity contribution >= 4 is 27.6 Å². The van der Waals surface area contributed by atoms with Crippen molar-refractivity contribution < 1.29 is 27.5 Å². The third-order valence-corrected chi connectivity index (χ3v) is 6.21. The van der Waals surface area contributed by atoms with E-state index in [0.717, 1.165) is 9.87 Å². The third-order valence-electron chi connectivity index (χ3n) is 4.37. The van der Waals surface area contributed by atoms with Gasteiger partial charge < -0.3 is 14.8 Å². The van der Waals surface area contributed by atoms with Gasteiger partial charge in [-0.2, -0.15) is 0 Å². The van der Waals surface area contributed by atoms with E-state index >= 15 is 0 Å². The molecule has 0 saturated heterocycles. The number of esters is 1. The molecule has 0 aliphatic carbocycles. The molecule has 0 unspecified atom stereocenters. The van der Waals surface area contributed by atoms with Gasteiger partial charge in [0.25, 0.3) is 5.91 Å². The number of cyclic esters (lactones) is 1. The quantitative estimate of drug-likeness (QED) is 0.761. The number of methoxy groups -OCH3 is 1. The minimum Gasteiger partial charge on any atom is -0.495 e. The maximum atomic E-state index is 12.6. The molecule has 1 aliphatic rings. The Hall–Kier alpha value is -2.91. The topological polar surface area (TPSA) is 102 Å². The number of hydrogen-bond acceptors (Lipinski definition) is 6. The fourth-order valence-corrected chi connectivity index (χ4v) is 3.93. The van der Waals surface area contributed by atoms with Crippen molar-refractivity contribution in [3.8, 4) is 5.75 Å². The van der Waals surface area contributed by atoms with E-state index in [1.807, 2.05) is 0 Å². The first-order chi connectivity index (χ1) is 13.2. The molecule has 0 fully saturated rings. The zero-order valence-corrected chi connectivity index (χ0v) is 16.4. The van der Waals surface area contributed by atoms with E-state index in [9.17, 15) is 18.0 Å². The van der Waals surface area contributed by atoms with Crippen LogP contribution in [0, 0.1) is 0 Å². The van der Waals surface area contributed by atoms with Gasteiger partial charge in [0.2, 0.25) is 10.0 Å². The first kappa shape index (κ1) is 19.8. The van der Waals surface area contributed by atoms with E-state index in [1.54, 1.807) is 24.3 Å². The predicted molar refractivity (Wildman–Crippen MR) is 102 cm³/mol. The molecule has 3 rings (SSSR count). The molecule has 0 radical (unpaired) electrons. The molecule has 2 aromatic carbocycles. The SMILES string of the molecule is COc1ccc(NC(=O)[C@@H]2Cc3ccccc3C(=O)O2)cc1S(=O)(=O)N(C)C. The number of sulfonamides is 1. The van der Waals surface area contributed by atoms with Crippen molar-refractivity contribution in [1.29, 1.82) is 0 Å². The molecule has 0 bridgehead atoms. The minimum absolute atomic E-state index is 0.0798. The minimum atomic E-state index is -3.78. The number of rotatable bonds is 5. The number of benzene rings is 2. The summed E-state index contributed by atoms with van der Waals surface area (Å²) in [5.41, 5.74) is 1.42. The number of hydrogen-bond donors (Lipinski definition) is 1. The van der Waals surface area contributed by atoms with Crippen LogP contribution in [0.15, 0.2) is 47.4 Å². The van der Waals surface area contributed by atoms with Gasteiger partial charge in [-0.15, -0.1) is 0 Å². The molecule has 8 nitrogen and oxygen atoms in total. The Morgan fingerprint density at radius 1 is 1.21 bits per heavy atom. The molecular formula is C19H20N2O6S. The lowest BCUT2D eigenvalue weighted by atomic mass is 9.98. The van der Waals surface area contributed by atoms with Crippen LogP contribution in [0.4, 0.5) is 5.69 Å². The molecule has 1 atom stereocenters. The summed E-state index contributed by atoms with van der Waals surface area (Å²) in [5, 5.41) is 2.61. The summed E-state index contributed by atoms with van der Waals surface area (Å²) in [6.07, 6.45) is -0.759. The standard InChI is InChI=1S/C19H20N2O6S/c1-21(2)28(24,25)17-11-13(8-9-15(17)26-3)20-18(22)16-10-12-6-4-5-7-14(12)19(23)27-16/h4-9,11,16H,10H2,1-3H3,(H,20,22)/t16-/m0/s1. The van der Waals surface area contributed by atoms with Crippen LogP contribution in [0.25, 0.3) is 0 Å². The normalized spacial score (nSPS) is 16.3. The summed E-state index contributed by atoms with van der Waals surface area (Å²) < 4.78 is 36.4. The van der Waals surface area contributed by atoms with Crippen LogP contribution in [0.1, 0.15) is 15.9 Å². The van der Waals surface area contributed by atoms with Gasteiger partial charge in [-0.05, 0) is 29.8 Å². The second-order valence-electron chi connectivity index (χ2n) is 6.40. The number of carbonyl (C=O) groups is 2. The number of amides is 1. The fraction of sp³-hybridized carbons (Fsp3) is 0.263. The maximum Gasteiger partial charge on any atom is 0.339 e. The van der Waals surface area contributed by atoms with Crippen LogP contribution < -0.4 is 10.1 Å². The number of carbonyl (C=O) groups excluding carboxylic acids is 2. The van der Waals surface area contributed by atoms with Crippen LogP contribution >= 0.6 is 0 Å². The van der Waals surface area contributed by atoms with Crippen molar-refractivity contribution in [3.05, 3.63) is 53.6 Å². The second-order valence-corrected chi connectivity index (χ2v) is 8.52. The zero-order valence-electron chi connectivity index (χ0n) is 15.6. The Balaban J connectivity index is 1.85. The molecule has 1 aliphatic heterocycles. The van der Waals surface area contributed by atoms with E-state index in [1.165, 1.54) is 39.4 Å². The predicted octanol–water partition coefficient (Wildman–Crippen LogP) is 1.67. The highest BCUT2D eigenvalue weighted by Gasteiger charge is 2.31. The van der Waals surface area contributed by atoms with Crippen LogP contribution in [-0.2, 0) is 26.0 Å². The average molecular weight is 404 g/mol.